The molecule has 0 aromatic heterocycles. The fourth-order valence-corrected chi connectivity index (χ4v) is 1.85. The number of amides is 2. The number of hydrogen-bond acceptors (Lipinski definition) is 2. The largest absolute Gasteiger partial charge is 0.375 e. The zero-order chi connectivity index (χ0) is 12.1. The van der Waals surface area contributed by atoms with Gasteiger partial charge < -0.3 is 14.5 Å². The number of nitrogens with zero attached hydrogens (tertiary/aromatic N) is 2. The van der Waals surface area contributed by atoms with Crippen LogP contribution in [0.25, 0.3) is 0 Å². The van der Waals surface area contributed by atoms with Gasteiger partial charge in [-0.1, -0.05) is 30.3 Å². The van der Waals surface area contributed by atoms with Crippen molar-refractivity contribution >= 4 is 6.03 Å². The van der Waals surface area contributed by atoms with Crippen LogP contribution in [0.1, 0.15) is 5.56 Å². The smallest absolute Gasteiger partial charge is 0.319 e. The molecule has 0 atom stereocenters. The summed E-state index contributed by atoms with van der Waals surface area (Å²) in [5, 5.41) is 0. The summed E-state index contributed by atoms with van der Waals surface area (Å²) >= 11 is 0. The molecule has 0 saturated carbocycles. The van der Waals surface area contributed by atoms with Gasteiger partial charge in [-0.2, -0.15) is 0 Å². The maximum Gasteiger partial charge on any atom is 0.319 e. The standard InChI is InChI=1S/C13H18N2O2/c1-14-7-8-15(13(14)16)9-10-17-11-12-5-3-2-4-6-12/h2-6H,7-11H2,1H3. The van der Waals surface area contributed by atoms with Gasteiger partial charge in [0, 0.05) is 26.7 Å². The van der Waals surface area contributed by atoms with Crippen LogP contribution in [0, 0.1) is 0 Å². The second-order valence-corrected chi connectivity index (χ2v) is 4.23. The summed E-state index contributed by atoms with van der Waals surface area (Å²) in [6, 6.07) is 10.2. The Labute approximate surface area is 102 Å². The fraction of sp³-hybridized carbons (Fsp3) is 0.462. The summed E-state index contributed by atoms with van der Waals surface area (Å²) < 4.78 is 5.55. The average Bonchev–Trinajstić information content (AvgIpc) is 2.67. The van der Waals surface area contributed by atoms with Crippen molar-refractivity contribution in [3.63, 3.8) is 0 Å². The summed E-state index contributed by atoms with van der Waals surface area (Å²) in [5.41, 5.74) is 1.16. The van der Waals surface area contributed by atoms with Crippen LogP contribution in [0.3, 0.4) is 0 Å². The van der Waals surface area contributed by atoms with Gasteiger partial charge in [-0.3, -0.25) is 0 Å². The number of carbonyl (C=O) groups excluding carboxylic acids is 1. The van der Waals surface area contributed by atoms with E-state index in [-0.39, 0.29) is 6.03 Å². The van der Waals surface area contributed by atoms with Gasteiger partial charge in [0.05, 0.1) is 13.2 Å². The molecule has 0 bridgehead atoms. The van der Waals surface area contributed by atoms with Gasteiger partial charge in [-0.05, 0) is 5.56 Å². The molecule has 1 heterocycles. The van der Waals surface area contributed by atoms with Crippen molar-refractivity contribution in [2.24, 2.45) is 0 Å². The first kappa shape index (κ1) is 11.9. The number of carbonyl (C=O) groups is 1. The molecule has 1 aromatic rings. The molecule has 92 valence electrons. The minimum atomic E-state index is 0.105. The van der Waals surface area contributed by atoms with Gasteiger partial charge >= 0.3 is 6.03 Å². The van der Waals surface area contributed by atoms with E-state index in [4.69, 9.17) is 4.74 Å². The second kappa shape index (κ2) is 5.68. The third-order valence-electron chi connectivity index (χ3n) is 2.92. The summed E-state index contributed by atoms with van der Waals surface area (Å²) in [7, 11) is 1.83. The quantitative estimate of drug-likeness (QED) is 0.724. The van der Waals surface area contributed by atoms with Gasteiger partial charge in [0.25, 0.3) is 0 Å². The Morgan fingerprint density at radius 2 is 2.00 bits per heavy atom. The lowest BCUT2D eigenvalue weighted by atomic mass is 10.2. The van der Waals surface area contributed by atoms with Crippen molar-refractivity contribution in [2.45, 2.75) is 6.61 Å². The zero-order valence-electron chi connectivity index (χ0n) is 10.1. The number of benzene rings is 1. The van der Waals surface area contributed by atoms with Crippen LogP contribution in [-0.4, -0.2) is 49.1 Å². The summed E-state index contributed by atoms with van der Waals surface area (Å²) in [4.78, 5) is 15.1. The van der Waals surface area contributed by atoms with Gasteiger partial charge in [0.15, 0.2) is 0 Å². The number of rotatable bonds is 5. The predicted octanol–water partition coefficient (Wildman–Crippen LogP) is 1.57. The summed E-state index contributed by atoms with van der Waals surface area (Å²) in [5.74, 6) is 0. The van der Waals surface area contributed by atoms with E-state index in [1.54, 1.807) is 4.90 Å². The van der Waals surface area contributed by atoms with E-state index in [9.17, 15) is 4.79 Å². The molecule has 0 aliphatic carbocycles. The Hall–Kier alpha value is -1.55. The van der Waals surface area contributed by atoms with Crippen LogP contribution in [-0.2, 0) is 11.3 Å². The van der Waals surface area contributed by atoms with Crippen molar-refractivity contribution in [1.82, 2.24) is 9.80 Å². The van der Waals surface area contributed by atoms with Crippen molar-refractivity contribution in [1.29, 1.82) is 0 Å². The zero-order valence-corrected chi connectivity index (χ0v) is 10.1. The molecule has 4 nitrogen and oxygen atoms in total. The van der Waals surface area contributed by atoms with Crippen molar-refractivity contribution < 1.29 is 9.53 Å². The number of ether oxygens (including phenoxy) is 1. The first-order valence-corrected chi connectivity index (χ1v) is 5.89. The highest BCUT2D eigenvalue weighted by Gasteiger charge is 2.24. The van der Waals surface area contributed by atoms with Crippen LogP contribution in [0.15, 0.2) is 30.3 Å². The normalized spacial score (nSPS) is 15.7. The molecule has 2 rings (SSSR count). The van der Waals surface area contributed by atoms with E-state index in [1.165, 1.54) is 0 Å². The number of likely N-dealkylation sites (N-methyl/N-ethyl adjacent to an activating group) is 1. The third kappa shape index (κ3) is 3.20. The Morgan fingerprint density at radius 1 is 1.24 bits per heavy atom. The van der Waals surface area contributed by atoms with Crippen LogP contribution in [0.2, 0.25) is 0 Å². The maximum atomic E-state index is 11.6. The molecule has 0 spiro atoms. The van der Waals surface area contributed by atoms with Crippen LogP contribution in [0.5, 0.6) is 0 Å². The van der Waals surface area contributed by atoms with Crippen LogP contribution >= 0.6 is 0 Å². The van der Waals surface area contributed by atoms with E-state index in [0.717, 1.165) is 18.7 Å². The molecule has 17 heavy (non-hydrogen) atoms. The Balaban J connectivity index is 1.65. The number of urea groups is 1. The minimum Gasteiger partial charge on any atom is -0.375 e. The van der Waals surface area contributed by atoms with E-state index in [2.05, 4.69) is 0 Å². The lowest BCUT2D eigenvalue weighted by molar-refractivity contribution is 0.103. The highest BCUT2D eigenvalue weighted by molar-refractivity contribution is 5.76. The van der Waals surface area contributed by atoms with Crippen molar-refractivity contribution in [3.05, 3.63) is 35.9 Å². The van der Waals surface area contributed by atoms with Gasteiger partial charge in [-0.15, -0.1) is 0 Å². The topological polar surface area (TPSA) is 32.8 Å². The lowest BCUT2D eigenvalue weighted by Gasteiger charge is -2.15. The molecular weight excluding hydrogens is 216 g/mol. The minimum absolute atomic E-state index is 0.105. The SMILES string of the molecule is CN1CCN(CCOCc2ccccc2)C1=O. The van der Waals surface area contributed by atoms with Gasteiger partial charge in [0.2, 0.25) is 0 Å². The average molecular weight is 234 g/mol. The fourth-order valence-electron chi connectivity index (χ4n) is 1.85. The van der Waals surface area contributed by atoms with Crippen molar-refractivity contribution in [3.8, 4) is 0 Å². The molecule has 1 aliphatic rings. The lowest BCUT2D eigenvalue weighted by Crippen LogP contribution is -2.32. The first-order chi connectivity index (χ1) is 8.27. The molecular formula is C13H18N2O2. The molecule has 0 N–H and O–H groups in total. The molecule has 1 fully saturated rings. The summed E-state index contributed by atoms with van der Waals surface area (Å²) in [6.07, 6.45) is 0. The first-order valence-electron chi connectivity index (χ1n) is 5.89. The third-order valence-corrected chi connectivity index (χ3v) is 2.92. The maximum absolute atomic E-state index is 11.6. The van der Waals surface area contributed by atoms with E-state index >= 15 is 0 Å². The molecule has 4 heteroatoms. The van der Waals surface area contributed by atoms with Gasteiger partial charge in [-0.25, -0.2) is 4.79 Å². The Bertz CT molecular complexity index is 367. The number of hydrogen-bond donors (Lipinski definition) is 0. The van der Waals surface area contributed by atoms with Crippen LogP contribution < -0.4 is 0 Å². The van der Waals surface area contributed by atoms with Crippen molar-refractivity contribution in [2.75, 3.05) is 33.3 Å². The second-order valence-electron chi connectivity index (χ2n) is 4.23. The molecule has 1 saturated heterocycles. The van der Waals surface area contributed by atoms with Crippen LogP contribution in [0.4, 0.5) is 4.79 Å². The molecule has 1 aromatic carbocycles. The molecule has 2 amide bonds. The molecule has 0 unspecified atom stereocenters. The Morgan fingerprint density at radius 3 is 2.65 bits per heavy atom. The summed E-state index contributed by atoms with van der Waals surface area (Å²) in [6.45, 7) is 3.50. The van der Waals surface area contributed by atoms with E-state index < -0.39 is 0 Å². The predicted molar refractivity (Wildman–Crippen MR) is 65.7 cm³/mol. The monoisotopic (exact) mass is 234 g/mol. The van der Waals surface area contributed by atoms with E-state index in [0.29, 0.717) is 19.8 Å². The highest BCUT2D eigenvalue weighted by atomic mass is 16.5. The molecule has 0 radical (unpaired) electrons. The van der Waals surface area contributed by atoms with Gasteiger partial charge in [0.1, 0.15) is 0 Å². The Kier molecular flexibility index (Phi) is 3.98. The highest BCUT2D eigenvalue weighted by Crippen LogP contribution is 2.06. The molecule has 1 aliphatic heterocycles. The van der Waals surface area contributed by atoms with E-state index in [1.807, 2.05) is 42.3 Å².